The van der Waals surface area contributed by atoms with E-state index in [9.17, 15) is 0 Å². The molecule has 0 spiro atoms. The second-order valence-electron chi connectivity index (χ2n) is 4.22. The van der Waals surface area contributed by atoms with E-state index in [1.807, 2.05) is 26.1 Å². The number of benzene rings is 1. The maximum atomic E-state index is 6.15. The van der Waals surface area contributed by atoms with Crippen LogP contribution in [-0.2, 0) is 6.42 Å². The molecule has 1 aromatic heterocycles. The summed E-state index contributed by atoms with van der Waals surface area (Å²) in [6.45, 7) is 6.22. The van der Waals surface area contributed by atoms with E-state index in [2.05, 4.69) is 19.2 Å². The Morgan fingerprint density at radius 3 is 2.59 bits per heavy atom. The number of anilines is 1. The highest BCUT2D eigenvalue weighted by Gasteiger charge is 2.12. The minimum Gasteiger partial charge on any atom is -0.387 e. The number of hydrogen-bond acceptors (Lipinski definition) is 2. The summed E-state index contributed by atoms with van der Waals surface area (Å²) in [4.78, 5) is 4.69. The van der Waals surface area contributed by atoms with Crippen molar-refractivity contribution in [3.05, 3.63) is 34.0 Å². The molecule has 0 atom stereocenters. The zero-order chi connectivity index (χ0) is 12.6. The van der Waals surface area contributed by atoms with Gasteiger partial charge < -0.3 is 5.32 Å². The molecule has 0 fully saturated rings. The first-order valence-corrected chi connectivity index (χ1v) is 6.24. The van der Waals surface area contributed by atoms with Crippen LogP contribution in [0.2, 0.25) is 5.02 Å². The topological polar surface area (TPSA) is 24.9 Å². The fraction of sp³-hybridized carbons (Fsp3) is 0.357. The molecule has 0 bridgehead atoms. The molecule has 0 radical (unpaired) electrons. The molecule has 2 nitrogen and oxygen atoms in total. The van der Waals surface area contributed by atoms with Gasteiger partial charge in [0, 0.05) is 28.8 Å². The molecule has 1 heterocycles. The molecular weight excluding hydrogens is 232 g/mol. The molecule has 0 amide bonds. The van der Waals surface area contributed by atoms with E-state index in [-0.39, 0.29) is 0 Å². The summed E-state index contributed by atoms with van der Waals surface area (Å²) < 4.78 is 0. The van der Waals surface area contributed by atoms with Crippen molar-refractivity contribution in [1.82, 2.24) is 4.98 Å². The first kappa shape index (κ1) is 12.2. The molecule has 90 valence electrons. The number of nitrogens with zero attached hydrogens (tertiary/aromatic N) is 1. The number of pyridine rings is 1. The smallest absolute Gasteiger partial charge is 0.0770 e. The van der Waals surface area contributed by atoms with Gasteiger partial charge in [-0.15, -0.1) is 0 Å². The first-order chi connectivity index (χ1) is 8.10. The van der Waals surface area contributed by atoms with E-state index in [4.69, 9.17) is 16.6 Å². The normalized spacial score (nSPS) is 10.9. The number of halogens is 1. The van der Waals surface area contributed by atoms with Crippen LogP contribution in [-0.4, -0.2) is 12.0 Å². The number of rotatable bonds is 2. The Kier molecular flexibility index (Phi) is 3.25. The molecule has 0 aliphatic rings. The second kappa shape index (κ2) is 4.53. The fourth-order valence-corrected chi connectivity index (χ4v) is 2.47. The first-order valence-electron chi connectivity index (χ1n) is 5.86. The van der Waals surface area contributed by atoms with Crippen LogP contribution >= 0.6 is 11.6 Å². The minimum absolute atomic E-state index is 0.774. The van der Waals surface area contributed by atoms with Crippen LogP contribution in [0.4, 0.5) is 5.69 Å². The average Bonchev–Trinajstić information content (AvgIpc) is 2.33. The Morgan fingerprint density at radius 2 is 2.00 bits per heavy atom. The van der Waals surface area contributed by atoms with Gasteiger partial charge in [-0.1, -0.05) is 18.5 Å². The van der Waals surface area contributed by atoms with Crippen molar-refractivity contribution in [3.8, 4) is 0 Å². The minimum atomic E-state index is 0.774. The third-order valence-corrected chi connectivity index (χ3v) is 3.67. The van der Waals surface area contributed by atoms with Gasteiger partial charge in [0.25, 0.3) is 0 Å². The molecule has 1 aromatic carbocycles. The monoisotopic (exact) mass is 248 g/mol. The van der Waals surface area contributed by atoms with Crippen LogP contribution in [0.5, 0.6) is 0 Å². The SMILES string of the molecule is CCc1c(C)nc2c(C)c(Cl)ccc2c1NC. The molecule has 0 aliphatic carbocycles. The highest BCUT2D eigenvalue weighted by Crippen LogP contribution is 2.32. The average molecular weight is 249 g/mol. The molecule has 2 rings (SSSR count). The van der Waals surface area contributed by atoms with Crippen LogP contribution in [0.15, 0.2) is 12.1 Å². The van der Waals surface area contributed by atoms with Gasteiger partial charge in [-0.25, -0.2) is 0 Å². The number of hydrogen-bond donors (Lipinski definition) is 1. The van der Waals surface area contributed by atoms with Crippen molar-refractivity contribution in [2.75, 3.05) is 12.4 Å². The maximum absolute atomic E-state index is 6.15. The van der Waals surface area contributed by atoms with E-state index in [0.29, 0.717) is 0 Å². The molecule has 0 saturated carbocycles. The molecule has 0 unspecified atom stereocenters. The van der Waals surface area contributed by atoms with Crippen LogP contribution in [0.1, 0.15) is 23.7 Å². The third kappa shape index (κ3) is 1.87. The Balaban J connectivity index is 2.92. The fourth-order valence-electron chi connectivity index (χ4n) is 2.32. The summed E-state index contributed by atoms with van der Waals surface area (Å²) in [5.74, 6) is 0. The summed E-state index contributed by atoms with van der Waals surface area (Å²) in [5, 5.41) is 5.22. The van der Waals surface area contributed by atoms with E-state index in [0.717, 1.165) is 33.6 Å². The Labute approximate surface area is 107 Å². The quantitative estimate of drug-likeness (QED) is 0.865. The van der Waals surface area contributed by atoms with Crippen LogP contribution < -0.4 is 5.32 Å². The molecule has 17 heavy (non-hydrogen) atoms. The van der Waals surface area contributed by atoms with E-state index in [1.165, 1.54) is 11.3 Å². The molecule has 1 N–H and O–H groups in total. The third-order valence-electron chi connectivity index (χ3n) is 3.26. The van der Waals surface area contributed by atoms with Crippen LogP contribution in [0.3, 0.4) is 0 Å². The largest absolute Gasteiger partial charge is 0.387 e. The van der Waals surface area contributed by atoms with Crippen molar-refractivity contribution in [2.45, 2.75) is 27.2 Å². The van der Waals surface area contributed by atoms with Crippen LogP contribution in [0.25, 0.3) is 10.9 Å². The zero-order valence-corrected chi connectivity index (χ0v) is 11.4. The summed E-state index contributed by atoms with van der Waals surface area (Å²) >= 11 is 6.15. The number of aryl methyl sites for hydroxylation is 2. The Hall–Kier alpha value is -1.28. The predicted molar refractivity (Wildman–Crippen MR) is 75.2 cm³/mol. The molecule has 2 aromatic rings. The lowest BCUT2D eigenvalue weighted by atomic mass is 10.0. The van der Waals surface area contributed by atoms with Crippen molar-refractivity contribution >= 4 is 28.2 Å². The van der Waals surface area contributed by atoms with Crippen molar-refractivity contribution < 1.29 is 0 Å². The van der Waals surface area contributed by atoms with Gasteiger partial charge in [-0.3, -0.25) is 4.98 Å². The second-order valence-corrected chi connectivity index (χ2v) is 4.63. The molecular formula is C14H17ClN2. The zero-order valence-electron chi connectivity index (χ0n) is 10.7. The number of nitrogens with one attached hydrogen (secondary N) is 1. The molecule has 0 saturated heterocycles. The van der Waals surface area contributed by atoms with Gasteiger partial charge in [0.2, 0.25) is 0 Å². The number of aromatic nitrogens is 1. The summed E-state index contributed by atoms with van der Waals surface area (Å²) in [5.41, 5.74) is 5.58. The number of fused-ring (bicyclic) bond motifs is 1. The standard InChI is InChI=1S/C14H17ClN2/c1-5-10-9(3)17-13-8(2)12(15)7-6-11(13)14(10)16-4/h6-7H,5H2,1-4H3,(H,16,17). The van der Waals surface area contributed by atoms with Gasteiger partial charge in [0.15, 0.2) is 0 Å². The van der Waals surface area contributed by atoms with Crippen molar-refractivity contribution in [3.63, 3.8) is 0 Å². The predicted octanol–water partition coefficient (Wildman–Crippen LogP) is 4.11. The van der Waals surface area contributed by atoms with Gasteiger partial charge in [0.05, 0.1) is 5.52 Å². The van der Waals surface area contributed by atoms with Gasteiger partial charge in [0.1, 0.15) is 0 Å². The van der Waals surface area contributed by atoms with Gasteiger partial charge in [-0.2, -0.15) is 0 Å². The lowest BCUT2D eigenvalue weighted by Gasteiger charge is -2.15. The van der Waals surface area contributed by atoms with Crippen molar-refractivity contribution in [1.29, 1.82) is 0 Å². The lowest BCUT2D eigenvalue weighted by molar-refractivity contribution is 1.07. The Morgan fingerprint density at radius 1 is 1.29 bits per heavy atom. The lowest BCUT2D eigenvalue weighted by Crippen LogP contribution is -2.02. The highest BCUT2D eigenvalue weighted by molar-refractivity contribution is 6.32. The summed E-state index contributed by atoms with van der Waals surface area (Å²) in [6, 6.07) is 3.98. The van der Waals surface area contributed by atoms with E-state index < -0.39 is 0 Å². The van der Waals surface area contributed by atoms with E-state index >= 15 is 0 Å². The summed E-state index contributed by atoms with van der Waals surface area (Å²) in [6.07, 6.45) is 0.979. The van der Waals surface area contributed by atoms with Crippen LogP contribution in [0, 0.1) is 13.8 Å². The van der Waals surface area contributed by atoms with Gasteiger partial charge >= 0.3 is 0 Å². The van der Waals surface area contributed by atoms with Gasteiger partial charge in [-0.05, 0) is 43.5 Å². The maximum Gasteiger partial charge on any atom is 0.0770 e. The summed E-state index contributed by atoms with van der Waals surface area (Å²) in [7, 11) is 1.96. The van der Waals surface area contributed by atoms with Crippen molar-refractivity contribution in [2.24, 2.45) is 0 Å². The van der Waals surface area contributed by atoms with E-state index in [1.54, 1.807) is 0 Å². The molecule has 3 heteroatoms. The molecule has 0 aliphatic heterocycles. The highest BCUT2D eigenvalue weighted by atomic mass is 35.5. The Bertz CT molecular complexity index is 576.